The third kappa shape index (κ3) is 3.18. The zero-order chi connectivity index (χ0) is 16.1. The van der Waals surface area contributed by atoms with Crippen molar-refractivity contribution in [1.29, 1.82) is 0 Å². The van der Waals surface area contributed by atoms with Gasteiger partial charge in [-0.25, -0.2) is 9.97 Å². The van der Waals surface area contributed by atoms with Crippen molar-refractivity contribution in [2.75, 3.05) is 7.11 Å². The van der Waals surface area contributed by atoms with Crippen LogP contribution in [0.25, 0.3) is 16.7 Å². The lowest BCUT2D eigenvalue weighted by Crippen LogP contribution is -1.99. The third-order valence-electron chi connectivity index (χ3n) is 3.47. The lowest BCUT2D eigenvalue weighted by molar-refractivity contribution is 0.415. The molecule has 3 rings (SSSR count). The number of benzene rings is 1. The van der Waals surface area contributed by atoms with Crippen LogP contribution in [0.2, 0.25) is 0 Å². The quantitative estimate of drug-likeness (QED) is 0.802. The molecule has 0 aliphatic carbocycles. The Bertz CT molecular complexity index is 797. The molecule has 2 heterocycles. The van der Waals surface area contributed by atoms with Crippen LogP contribution in [0.4, 0.5) is 0 Å². The maximum Gasteiger partial charge on any atom is 0.161 e. The Morgan fingerprint density at radius 3 is 2.17 bits per heavy atom. The van der Waals surface area contributed by atoms with E-state index < -0.39 is 0 Å². The van der Waals surface area contributed by atoms with Crippen molar-refractivity contribution in [1.82, 2.24) is 15.0 Å². The Hall–Kier alpha value is -3.21. The van der Waals surface area contributed by atoms with Crippen molar-refractivity contribution >= 4 is 5.57 Å². The summed E-state index contributed by atoms with van der Waals surface area (Å²) < 4.78 is 5.16. The van der Waals surface area contributed by atoms with Crippen LogP contribution in [0.3, 0.4) is 0 Å². The van der Waals surface area contributed by atoms with Gasteiger partial charge in [0.15, 0.2) is 5.82 Å². The molecule has 0 aliphatic heterocycles. The van der Waals surface area contributed by atoms with E-state index in [1.165, 1.54) is 6.20 Å². The molecule has 0 amide bonds. The minimum atomic E-state index is 0.580. The van der Waals surface area contributed by atoms with Crippen LogP contribution < -0.4 is 10.5 Å². The van der Waals surface area contributed by atoms with Gasteiger partial charge in [0, 0.05) is 42.1 Å². The van der Waals surface area contributed by atoms with Crippen molar-refractivity contribution in [3.8, 4) is 16.9 Å². The van der Waals surface area contributed by atoms with Crippen molar-refractivity contribution in [3.63, 3.8) is 0 Å². The van der Waals surface area contributed by atoms with E-state index in [2.05, 4.69) is 15.0 Å². The van der Waals surface area contributed by atoms with E-state index in [1.807, 2.05) is 36.4 Å². The van der Waals surface area contributed by atoms with Gasteiger partial charge in [-0.15, -0.1) is 0 Å². The first-order chi connectivity index (χ1) is 11.3. The second-order valence-corrected chi connectivity index (χ2v) is 4.84. The van der Waals surface area contributed by atoms with Crippen LogP contribution in [-0.4, -0.2) is 22.1 Å². The van der Waals surface area contributed by atoms with Crippen LogP contribution in [0.15, 0.2) is 67.4 Å². The maximum absolute atomic E-state index is 5.74. The van der Waals surface area contributed by atoms with Crippen LogP contribution in [0.1, 0.15) is 11.4 Å². The number of nitrogens with zero attached hydrogens (tertiary/aromatic N) is 3. The first-order valence-electron chi connectivity index (χ1n) is 7.11. The molecule has 1 aromatic carbocycles. The molecule has 0 unspecified atom stereocenters. The third-order valence-corrected chi connectivity index (χ3v) is 3.47. The SMILES string of the molecule is COc1ccc(-c2cnc(C(=CN)c3ccncc3)nc2)cc1. The van der Waals surface area contributed by atoms with Crippen molar-refractivity contribution in [2.24, 2.45) is 5.73 Å². The predicted molar refractivity (Wildman–Crippen MR) is 89.5 cm³/mol. The molecule has 0 radical (unpaired) electrons. The minimum Gasteiger partial charge on any atom is -0.497 e. The van der Waals surface area contributed by atoms with Crippen molar-refractivity contribution in [3.05, 3.63) is 78.8 Å². The number of ether oxygens (including phenoxy) is 1. The van der Waals surface area contributed by atoms with E-state index in [0.717, 1.165) is 28.0 Å². The highest BCUT2D eigenvalue weighted by Gasteiger charge is 2.08. The lowest BCUT2D eigenvalue weighted by Gasteiger charge is -2.07. The van der Waals surface area contributed by atoms with E-state index in [4.69, 9.17) is 10.5 Å². The topological polar surface area (TPSA) is 73.9 Å². The Morgan fingerprint density at radius 1 is 0.957 bits per heavy atom. The molecule has 0 saturated carbocycles. The number of hydrogen-bond donors (Lipinski definition) is 1. The highest BCUT2D eigenvalue weighted by Crippen LogP contribution is 2.23. The molecule has 0 bridgehead atoms. The molecule has 3 aromatic rings. The Balaban J connectivity index is 1.89. The fourth-order valence-corrected chi connectivity index (χ4v) is 2.23. The Kier molecular flexibility index (Phi) is 4.29. The van der Waals surface area contributed by atoms with Crippen LogP contribution in [0.5, 0.6) is 5.75 Å². The van der Waals surface area contributed by atoms with Gasteiger partial charge in [0.05, 0.1) is 7.11 Å². The Labute approximate surface area is 134 Å². The zero-order valence-electron chi connectivity index (χ0n) is 12.7. The first-order valence-corrected chi connectivity index (χ1v) is 7.11. The molecule has 5 heteroatoms. The average Bonchev–Trinajstić information content (AvgIpc) is 2.64. The largest absolute Gasteiger partial charge is 0.497 e. The molecule has 2 aromatic heterocycles. The predicted octanol–water partition coefficient (Wildman–Crippen LogP) is 2.90. The molecular weight excluding hydrogens is 288 g/mol. The summed E-state index contributed by atoms with van der Waals surface area (Å²) in [6, 6.07) is 11.5. The van der Waals surface area contributed by atoms with Gasteiger partial charge in [-0.2, -0.15) is 0 Å². The molecule has 0 saturated heterocycles. The number of aromatic nitrogens is 3. The molecule has 114 valence electrons. The fraction of sp³-hybridized carbons (Fsp3) is 0.0556. The van der Waals surface area contributed by atoms with Crippen LogP contribution in [-0.2, 0) is 0 Å². The summed E-state index contributed by atoms with van der Waals surface area (Å²) in [7, 11) is 1.65. The first kappa shape index (κ1) is 14.7. The average molecular weight is 304 g/mol. The summed E-state index contributed by atoms with van der Waals surface area (Å²) in [6.07, 6.45) is 8.51. The summed E-state index contributed by atoms with van der Waals surface area (Å²) in [5.74, 6) is 1.40. The van der Waals surface area contributed by atoms with E-state index >= 15 is 0 Å². The number of hydrogen-bond acceptors (Lipinski definition) is 5. The highest BCUT2D eigenvalue weighted by atomic mass is 16.5. The molecule has 23 heavy (non-hydrogen) atoms. The number of methoxy groups -OCH3 is 1. The van der Waals surface area contributed by atoms with Gasteiger partial charge in [-0.1, -0.05) is 12.1 Å². The van der Waals surface area contributed by atoms with Gasteiger partial charge in [0.2, 0.25) is 0 Å². The summed E-state index contributed by atoms with van der Waals surface area (Å²) in [5, 5.41) is 0. The summed E-state index contributed by atoms with van der Waals surface area (Å²) >= 11 is 0. The van der Waals surface area contributed by atoms with Crippen LogP contribution >= 0.6 is 0 Å². The summed E-state index contributed by atoms with van der Waals surface area (Å²) in [4.78, 5) is 12.9. The number of rotatable bonds is 4. The normalized spacial score (nSPS) is 11.3. The van der Waals surface area contributed by atoms with Gasteiger partial charge in [-0.3, -0.25) is 4.98 Å². The molecule has 0 fully saturated rings. The number of nitrogens with two attached hydrogens (primary N) is 1. The second-order valence-electron chi connectivity index (χ2n) is 4.84. The molecule has 0 aliphatic rings. The van der Waals surface area contributed by atoms with E-state index in [0.29, 0.717) is 5.82 Å². The van der Waals surface area contributed by atoms with Gasteiger partial charge >= 0.3 is 0 Å². The summed E-state index contributed by atoms with van der Waals surface area (Å²) in [5.41, 5.74) is 9.40. The molecule has 0 spiro atoms. The molecule has 0 atom stereocenters. The highest BCUT2D eigenvalue weighted by molar-refractivity contribution is 5.76. The molecule has 5 nitrogen and oxygen atoms in total. The van der Waals surface area contributed by atoms with E-state index in [1.54, 1.807) is 31.9 Å². The van der Waals surface area contributed by atoms with Crippen LogP contribution in [0, 0.1) is 0 Å². The second kappa shape index (κ2) is 6.70. The smallest absolute Gasteiger partial charge is 0.161 e. The monoisotopic (exact) mass is 304 g/mol. The van der Waals surface area contributed by atoms with E-state index in [9.17, 15) is 0 Å². The maximum atomic E-state index is 5.74. The fourth-order valence-electron chi connectivity index (χ4n) is 2.23. The van der Waals surface area contributed by atoms with Crippen molar-refractivity contribution < 1.29 is 4.74 Å². The van der Waals surface area contributed by atoms with E-state index in [-0.39, 0.29) is 0 Å². The van der Waals surface area contributed by atoms with Crippen molar-refractivity contribution in [2.45, 2.75) is 0 Å². The Morgan fingerprint density at radius 2 is 1.61 bits per heavy atom. The molecule has 2 N–H and O–H groups in total. The standard InChI is InChI=1S/C18H16N4O/c1-23-16-4-2-13(3-5-16)15-11-21-18(22-12-15)17(10-19)14-6-8-20-9-7-14/h2-12H,19H2,1H3. The van der Waals surface area contributed by atoms with Gasteiger partial charge < -0.3 is 10.5 Å². The summed E-state index contributed by atoms with van der Waals surface area (Å²) in [6.45, 7) is 0. The molecular formula is C18H16N4O. The van der Waals surface area contributed by atoms with Gasteiger partial charge in [0.25, 0.3) is 0 Å². The minimum absolute atomic E-state index is 0.580. The lowest BCUT2D eigenvalue weighted by atomic mass is 10.1. The van der Waals surface area contributed by atoms with Gasteiger partial charge in [-0.05, 0) is 35.4 Å². The van der Waals surface area contributed by atoms with Gasteiger partial charge in [0.1, 0.15) is 5.75 Å². The zero-order valence-corrected chi connectivity index (χ0v) is 12.7. The number of pyridine rings is 1.